The SMILES string of the molecule is COCCN(C(=O)c1cccc(NC(=O)C2CCCO2)c1)c1nc2ccccc2s1. The first-order valence-corrected chi connectivity index (χ1v) is 10.7. The van der Waals surface area contributed by atoms with Crippen molar-refractivity contribution >= 4 is 44.2 Å². The van der Waals surface area contributed by atoms with Gasteiger partial charge in [0.05, 0.1) is 23.4 Å². The topological polar surface area (TPSA) is 80.8 Å². The average Bonchev–Trinajstić information content (AvgIpc) is 3.44. The highest BCUT2D eigenvalue weighted by atomic mass is 32.1. The van der Waals surface area contributed by atoms with E-state index in [1.165, 1.54) is 11.3 Å². The van der Waals surface area contributed by atoms with Crippen LogP contribution in [0.5, 0.6) is 0 Å². The zero-order valence-corrected chi connectivity index (χ0v) is 17.5. The van der Waals surface area contributed by atoms with Crippen molar-refractivity contribution in [3.8, 4) is 0 Å². The van der Waals surface area contributed by atoms with Gasteiger partial charge in [0.2, 0.25) is 0 Å². The highest BCUT2D eigenvalue weighted by molar-refractivity contribution is 7.22. The third-order valence-electron chi connectivity index (χ3n) is 4.88. The lowest BCUT2D eigenvalue weighted by Gasteiger charge is -2.20. The number of nitrogens with one attached hydrogen (secondary N) is 1. The highest BCUT2D eigenvalue weighted by Gasteiger charge is 2.25. The van der Waals surface area contributed by atoms with Crippen molar-refractivity contribution in [3.05, 3.63) is 54.1 Å². The molecule has 1 atom stereocenters. The molecule has 1 aliphatic rings. The van der Waals surface area contributed by atoms with Crippen LogP contribution in [0, 0.1) is 0 Å². The molecule has 1 fully saturated rings. The zero-order valence-electron chi connectivity index (χ0n) is 16.7. The molecular formula is C22H23N3O4S. The summed E-state index contributed by atoms with van der Waals surface area (Å²) in [5.74, 6) is -0.376. The van der Waals surface area contributed by atoms with Crippen molar-refractivity contribution in [1.29, 1.82) is 0 Å². The number of rotatable bonds is 7. The predicted molar refractivity (Wildman–Crippen MR) is 117 cm³/mol. The fourth-order valence-corrected chi connectivity index (χ4v) is 4.33. The van der Waals surface area contributed by atoms with Gasteiger partial charge < -0.3 is 14.8 Å². The monoisotopic (exact) mass is 425 g/mol. The Morgan fingerprint density at radius 3 is 2.90 bits per heavy atom. The van der Waals surface area contributed by atoms with E-state index in [1.807, 2.05) is 24.3 Å². The molecule has 3 aromatic rings. The van der Waals surface area contributed by atoms with E-state index in [4.69, 9.17) is 9.47 Å². The summed E-state index contributed by atoms with van der Waals surface area (Å²) in [5, 5.41) is 3.47. The Labute approximate surface area is 178 Å². The second kappa shape index (κ2) is 9.34. The maximum atomic E-state index is 13.3. The van der Waals surface area contributed by atoms with Gasteiger partial charge in [-0.05, 0) is 43.2 Å². The second-order valence-electron chi connectivity index (χ2n) is 6.99. The first-order chi connectivity index (χ1) is 14.7. The summed E-state index contributed by atoms with van der Waals surface area (Å²) < 4.78 is 11.6. The Hall–Kier alpha value is -2.81. The van der Waals surface area contributed by atoms with Gasteiger partial charge >= 0.3 is 0 Å². The van der Waals surface area contributed by atoms with Crippen molar-refractivity contribution in [2.45, 2.75) is 18.9 Å². The number of fused-ring (bicyclic) bond motifs is 1. The minimum absolute atomic E-state index is 0.181. The summed E-state index contributed by atoms with van der Waals surface area (Å²) in [6, 6.07) is 14.7. The number of hydrogen-bond acceptors (Lipinski definition) is 6. The molecule has 0 radical (unpaired) electrons. The van der Waals surface area contributed by atoms with E-state index in [0.29, 0.717) is 42.6 Å². The molecule has 156 valence electrons. The molecule has 7 nitrogen and oxygen atoms in total. The third kappa shape index (κ3) is 4.51. The number of thiazole rings is 1. The van der Waals surface area contributed by atoms with Gasteiger partial charge in [0.1, 0.15) is 6.10 Å². The quantitative estimate of drug-likeness (QED) is 0.624. The van der Waals surface area contributed by atoms with Gasteiger partial charge in [-0.1, -0.05) is 29.5 Å². The highest BCUT2D eigenvalue weighted by Crippen LogP contribution is 2.29. The molecule has 1 saturated heterocycles. The molecule has 1 aliphatic heterocycles. The van der Waals surface area contributed by atoms with Gasteiger partial charge in [-0.2, -0.15) is 0 Å². The van der Waals surface area contributed by atoms with Crippen LogP contribution >= 0.6 is 11.3 Å². The lowest BCUT2D eigenvalue weighted by atomic mass is 10.1. The average molecular weight is 426 g/mol. The van der Waals surface area contributed by atoms with Crippen molar-refractivity contribution in [2.24, 2.45) is 0 Å². The van der Waals surface area contributed by atoms with Crippen LogP contribution in [0.3, 0.4) is 0 Å². The first kappa shape index (κ1) is 20.5. The van der Waals surface area contributed by atoms with Crippen LogP contribution in [0.4, 0.5) is 10.8 Å². The summed E-state index contributed by atoms with van der Waals surface area (Å²) in [4.78, 5) is 31.9. The van der Waals surface area contributed by atoms with Gasteiger partial charge in [0, 0.05) is 25.0 Å². The van der Waals surface area contributed by atoms with E-state index in [1.54, 1.807) is 36.3 Å². The van der Waals surface area contributed by atoms with Gasteiger partial charge in [0.25, 0.3) is 11.8 Å². The molecule has 0 aliphatic carbocycles. The Morgan fingerprint density at radius 2 is 2.13 bits per heavy atom. The van der Waals surface area contributed by atoms with E-state index >= 15 is 0 Å². The maximum Gasteiger partial charge on any atom is 0.260 e. The van der Waals surface area contributed by atoms with E-state index in [0.717, 1.165) is 16.6 Å². The lowest BCUT2D eigenvalue weighted by molar-refractivity contribution is -0.124. The molecule has 0 bridgehead atoms. The fraction of sp³-hybridized carbons (Fsp3) is 0.318. The van der Waals surface area contributed by atoms with Gasteiger partial charge in [-0.15, -0.1) is 0 Å². The zero-order chi connectivity index (χ0) is 20.9. The third-order valence-corrected chi connectivity index (χ3v) is 5.94. The van der Waals surface area contributed by atoms with Gasteiger partial charge in [0.15, 0.2) is 5.13 Å². The smallest absolute Gasteiger partial charge is 0.260 e. The lowest BCUT2D eigenvalue weighted by Crippen LogP contribution is -2.34. The minimum Gasteiger partial charge on any atom is -0.383 e. The number of carbonyl (C=O) groups excluding carboxylic acids is 2. The van der Waals surface area contributed by atoms with Crippen LogP contribution in [0.25, 0.3) is 10.2 Å². The number of benzene rings is 2. The summed E-state index contributed by atoms with van der Waals surface area (Å²) in [5.41, 5.74) is 1.89. The number of carbonyl (C=O) groups is 2. The van der Waals surface area contributed by atoms with Crippen molar-refractivity contribution in [2.75, 3.05) is 37.1 Å². The first-order valence-electron chi connectivity index (χ1n) is 9.84. The number of hydrogen-bond donors (Lipinski definition) is 1. The number of nitrogens with zero attached hydrogens (tertiary/aromatic N) is 2. The molecule has 2 amide bonds. The molecule has 4 rings (SSSR count). The van der Waals surface area contributed by atoms with Crippen LogP contribution in [-0.2, 0) is 14.3 Å². The Bertz CT molecular complexity index is 1010. The minimum atomic E-state index is -0.426. The number of aromatic nitrogens is 1. The van der Waals surface area contributed by atoms with Gasteiger partial charge in [-0.25, -0.2) is 4.98 Å². The van der Waals surface area contributed by atoms with Crippen LogP contribution in [0.15, 0.2) is 48.5 Å². The molecular weight excluding hydrogens is 402 g/mol. The summed E-state index contributed by atoms with van der Waals surface area (Å²) in [6.07, 6.45) is 1.17. The summed E-state index contributed by atoms with van der Waals surface area (Å²) in [6.45, 7) is 1.37. The largest absolute Gasteiger partial charge is 0.383 e. The Balaban J connectivity index is 1.57. The fourth-order valence-electron chi connectivity index (χ4n) is 3.34. The molecule has 8 heteroatoms. The number of methoxy groups -OCH3 is 1. The normalized spacial score (nSPS) is 16.0. The second-order valence-corrected chi connectivity index (χ2v) is 7.99. The van der Waals surface area contributed by atoms with E-state index in [2.05, 4.69) is 10.3 Å². The van der Waals surface area contributed by atoms with Crippen molar-refractivity contribution < 1.29 is 19.1 Å². The molecule has 1 aromatic heterocycles. The number of anilines is 2. The maximum absolute atomic E-state index is 13.3. The molecule has 1 N–H and O–H groups in total. The summed E-state index contributed by atoms with van der Waals surface area (Å²) in [7, 11) is 1.60. The molecule has 1 unspecified atom stereocenters. The Morgan fingerprint density at radius 1 is 1.27 bits per heavy atom. The molecule has 0 saturated carbocycles. The van der Waals surface area contributed by atoms with Crippen LogP contribution in [0.1, 0.15) is 23.2 Å². The molecule has 2 heterocycles. The van der Waals surface area contributed by atoms with Crippen LogP contribution in [0.2, 0.25) is 0 Å². The van der Waals surface area contributed by atoms with E-state index in [9.17, 15) is 9.59 Å². The van der Waals surface area contributed by atoms with Crippen molar-refractivity contribution in [3.63, 3.8) is 0 Å². The predicted octanol–water partition coefficient (Wildman–Crippen LogP) is 3.71. The van der Waals surface area contributed by atoms with E-state index in [-0.39, 0.29) is 11.8 Å². The summed E-state index contributed by atoms with van der Waals surface area (Å²) >= 11 is 1.46. The number of para-hydroxylation sites is 1. The molecule has 30 heavy (non-hydrogen) atoms. The van der Waals surface area contributed by atoms with E-state index < -0.39 is 6.10 Å². The van der Waals surface area contributed by atoms with Crippen LogP contribution in [-0.4, -0.2) is 49.8 Å². The Kier molecular flexibility index (Phi) is 6.37. The standard InChI is InChI=1S/C22H23N3O4S/c1-28-13-11-25(22-24-17-8-2-3-10-19(17)30-22)21(27)15-6-4-7-16(14-15)23-20(26)18-9-5-12-29-18/h2-4,6-8,10,14,18H,5,9,11-13H2,1H3,(H,23,26). The molecule has 2 aromatic carbocycles. The number of ether oxygens (including phenoxy) is 2. The molecule has 0 spiro atoms. The van der Waals surface area contributed by atoms with Crippen LogP contribution < -0.4 is 10.2 Å². The van der Waals surface area contributed by atoms with Gasteiger partial charge in [-0.3, -0.25) is 14.5 Å². The van der Waals surface area contributed by atoms with Crippen molar-refractivity contribution in [1.82, 2.24) is 4.98 Å². The number of amides is 2.